The van der Waals surface area contributed by atoms with E-state index >= 15 is 0 Å². The standard InChI is InChI=1S/C36H41N3O5/c1-24-32(22-38-20-6-7-29(38)21-37-18-4-5-19-37)43-36(44-33(24)26-12-10-25(23-40)11-13-26)27-14-16-28(17-15-27)39-34(41)30-8-2-3-9-31(30)35(39)42/h2-3,8-17,24,29,32-33,36,40H,4-7,18-23H2,1H3. The molecular formula is C36H41N3O5. The molecule has 230 valence electrons. The second kappa shape index (κ2) is 12.5. The van der Waals surface area contributed by atoms with E-state index in [9.17, 15) is 14.7 Å². The zero-order chi connectivity index (χ0) is 30.2. The Bertz CT molecular complexity index is 1450. The molecule has 0 radical (unpaired) electrons. The Labute approximate surface area is 259 Å². The van der Waals surface area contributed by atoms with Crippen molar-refractivity contribution in [3.63, 3.8) is 0 Å². The van der Waals surface area contributed by atoms with Crippen molar-refractivity contribution in [1.29, 1.82) is 0 Å². The number of likely N-dealkylation sites (tertiary alicyclic amines) is 2. The minimum atomic E-state index is -0.602. The van der Waals surface area contributed by atoms with E-state index < -0.39 is 6.29 Å². The smallest absolute Gasteiger partial charge is 0.266 e. The van der Waals surface area contributed by atoms with Gasteiger partial charge in [-0.1, -0.05) is 55.5 Å². The summed E-state index contributed by atoms with van der Waals surface area (Å²) in [4.78, 5) is 32.6. The molecule has 8 heteroatoms. The van der Waals surface area contributed by atoms with Crippen LogP contribution in [0.2, 0.25) is 0 Å². The molecule has 1 N–H and O–H groups in total. The van der Waals surface area contributed by atoms with Gasteiger partial charge in [0.25, 0.3) is 11.8 Å². The van der Waals surface area contributed by atoms with E-state index in [2.05, 4.69) is 16.7 Å². The third kappa shape index (κ3) is 5.61. The molecule has 3 aromatic rings. The maximum Gasteiger partial charge on any atom is 0.266 e. The van der Waals surface area contributed by atoms with Crippen LogP contribution in [-0.2, 0) is 16.1 Å². The Hall–Kier alpha value is -3.40. The van der Waals surface area contributed by atoms with Crippen LogP contribution in [0.3, 0.4) is 0 Å². The summed E-state index contributed by atoms with van der Waals surface area (Å²) in [7, 11) is 0. The lowest BCUT2D eigenvalue weighted by atomic mass is 9.90. The van der Waals surface area contributed by atoms with Gasteiger partial charge in [-0.3, -0.25) is 14.5 Å². The zero-order valence-corrected chi connectivity index (χ0v) is 25.3. The number of amides is 2. The molecular weight excluding hydrogens is 554 g/mol. The molecule has 0 spiro atoms. The SMILES string of the molecule is CC1C(CN2CCCC2CN2CCCC2)OC(c2ccc(N3C(=O)c4ccccc4C3=O)cc2)OC1c1ccc(CO)cc1. The average molecular weight is 596 g/mol. The third-order valence-corrected chi connectivity index (χ3v) is 9.92. The lowest BCUT2D eigenvalue weighted by molar-refractivity contribution is -0.276. The summed E-state index contributed by atoms with van der Waals surface area (Å²) in [5, 5.41) is 9.59. The van der Waals surface area contributed by atoms with E-state index in [1.165, 1.54) is 43.7 Å². The Morgan fingerprint density at radius 2 is 1.43 bits per heavy atom. The van der Waals surface area contributed by atoms with Crippen LogP contribution in [0.4, 0.5) is 5.69 Å². The van der Waals surface area contributed by atoms with Crippen molar-refractivity contribution < 1.29 is 24.2 Å². The van der Waals surface area contributed by atoms with Crippen molar-refractivity contribution in [3.8, 4) is 0 Å². The van der Waals surface area contributed by atoms with Crippen molar-refractivity contribution >= 4 is 17.5 Å². The van der Waals surface area contributed by atoms with E-state index in [1.54, 1.807) is 36.4 Å². The fourth-order valence-electron chi connectivity index (χ4n) is 7.37. The fourth-order valence-corrected chi connectivity index (χ4v) is 7.37. The Kier molecular flexibility index (Phi) is 8.35. The first-order chi connectivity index (χ1) is 21.5. The van der Waals surface area contributed by atoms with Crippen LogP contribution < -0.4 is 4.90 Å². The number of ether oxygens (including phenoxy) is 2. The van der Waals surface area contributed by atoms with Gasteiger partial charge in [0, 0.05) is 30.6 Å². The summed E-state index contributed by atoms with van der Waals surface area (Å²) in [5.41, 5.74) is 4.15. The molecule has 3 saturated heterocycles. The second-order valence-electron chi connectivity index (χ2n) is 12.7. The maximum absolute atomic E-state index is 13.1. The number of anilines is 1. The summed E-state index contributed by atoms with van der Waals surface area (Å²) in [5.74, 6) is -0.507. The number of nitrogens with zero attached hydrogens (tertiary/aromatic N) is 3. The first-order valence-corrected chi connectivity index (χ1v) is 16.0. The molecule has 8 nitrogen and oxygen atoms in total. The predicted octanol–water partition coefficient (Wildman–Crippen LogP) is 5.33. The topological polar surface area (TPSA) is 82.6 Å². The summed E-state index contributed by atoms with van der Waals surface area (Å²) in [6.07, 6.45) is 4.20. The normalized spacial score (nSPS) is 27.8. The highest BCUT2D eigenvalue weighted by atomic mass is 16.7. The van der Waals surface area contributed by atoms with Crippen molar-refractivity contribution in [3.05, 3.63) is 101 Å². The number of hydrogen-bond acceptors (Lipinski definition) is 7. The average Bonchev–Trinajstić information content (AvgIpc) is 3.80. The van der Waals surface area contributed by atoms with E-state index in [0.717, 1.165) is 36.3 Å². The summed E-state index contributed by atoms with van der Waals surface area (Å²) < 4.78 is 13.4. The molecule has 0 bridgehead atoms. The molecule has 3 aromatic carbocycles. The Morgan fingerprint density at radius 1 is 0.773 bits per heavy atom. The van der Waals surface area contributed by atoms with Crippen LogP contribution in [0.25, 0.3) is 0 Å². The molecule has 5 atom stereocenters. The van der Waals surface area contributed by atoms with Crippen molar-refractivity contribution in [1.82, 2.24) is 9.80 Å². The first kappa shape index (κ1) is 29.3. The van der Waals surface area contributed by atoms with Gasteiger partial charge in [-0.25, -0.2) is 4.90 Å². The molecule has 44 heavy (non-hydrogen) atoms. The number of aliphatic hydroxyl groups excluding tert-OH is 1. The van der Waals surface area contributed by atoms with Gasteiger partial charge in [-0.15, -0.1) is 0 Å². The van der Waals surface area contributed by atoms with Gasteiger partial charge >= 0.3 is 0 Å². The van der Waals surface area contributed by atoms with E-state index in [1.807, 2.05) is 36.4 Å². The quantitative estimate of drug-likeness (QED) is 0.353. The molecule has 3 fully saturated rings. The summed E-state index contributed by atoms with van der Waals surface area (Å²) in [6, 6.07) is 22.9. The molecule has 0 saturated carbocycles. The molecule has 4 aliphatic rings. The molecule has 2 amide bonds. The second-order valence-corrected chi connectivity index (χ2v) is 12.7. The number of hydrogen-bond donors (Lipinski definition) is 1. The van der Waals surface area contributed by atoms with Crippen molar-refractivity contribution in [2.24, 2.45) is 5.92 Å². The van der Waals surface area contributed by atoms with Crippen molar-refractivity contribution in [2.45, 2.75) is 63.8 Å². The van der Waals surface area contributed by atoms with Crippen LogP contribution in [0, 0.1) is 5.92 Å². The summed E-state index contributed by atoms with van der Waals surface area (Å²) >= 11 is 0. The van der Waals surface area contributed by atoms with E-state index in [4.69, 9.17) is 9.47 Å². The molecule has 4 heterocycles. The number of carbonyl (C=O) groups is 2. The molecule has 0 aliphatic carbocycles. The lowest BCUT2D eigenvalue weighted by Crippen LogP contribution is -2.48. The van der Waals surface area contributed by atoms with Gasteiger partial charge in [0.2, 0.25) is 0 Å². The van der Waals surface area contributed by atoms with Crippen LogP contribution in [0.1, 0.15) is 82.4 Å². The van der Waals surface area contributed by atoms with Gasteiger partial charge in [-0.2, -0.15) is 0 Å². The minimum absolute atomic E-state index is 0.00252. The minimum Gasteiger partial charge on any atom is -0.392 e. The van der Waals surface area contributed by atoms with E-state index in [0.29, 0.717) is 22.9 Å². The number of fused-ring (bicyclic) bond motifs is 1. The first-order valence-electron chi connectivity index (χ1n) is 16.0. The lowest BCUT2D eigenvalue weighted by Gasteiger charge is -2.43. The van der Waals surface area contributed by atoms with Crippen LogP contribution in [0.15, 0.2) is 72.8 Å². The summed E-state index contributed by atoms with van der Waals surface area (Å²) in [6.45, 7) is 7.69. The zero-order valence-electron chi connectivity index (χ0n) is 25.3. The highest BCUT2D eigenvalue weighted by molar-refractivity contribution is 6.34. The van der Waals surface area contributed by atoms with Gasteiger partial charge < -0.3 is 19.5 Å². The van der Waals surface area contributed by atoms with E-state index in [-0.39, 0.29) is 36.5 Å². The van der Waals surface area contributed by atoms with Crippen LogP contribution >= 0.6 is 0 Å². The van der Waals surface area contributed by atoms with Gasteiger partial charge in [0.1, 0.15) is 0 Å². The highest BCUT2D eigenvalue weighted by Gasteiger charge is 2.41. The molecule has 4 aliphatic heterocycles. The molecule has 0 aromatic heterocycles. The van der Waals surface area contributed by atoms with Gasteiger partial charge in [0.15, 0.2) is 6.29 Å². The number of rotatable bonds is 8. The fraction of sp³-hybridized carbons (Fsp3) is 0.444. The highest BCUT2D eigenvalue weighted by Crippen LogP contribution is 2.43. The third-order valence-electron chi connectivity index (χ3n) is 9.92. The van der Waals surface area contributed by atoms with Crippen LogP contribution in [-0.4, -0.2) is 71.6 Å². The van der Waals surface area contributed by atoms with Gasteiger partial charge in [0.05, 0.1) is 35.6 Å². The number of aliphatic hydroxyl groups is 1. The number of carbonyl (C=O) groups excluding carboxylic acids is 2. The number of imide groups is 1. The largest absolute Gasteiger partial charge is 0.392 e. The van der Waals surface area contributed by atoms with Crippen LogP contribution in [0.5, 0.6) is 0 Å². The predicted molar refractivity (Wildman–Crippen MR) is 167 cm³/mol. The molecule has 7 rings (SSSR count). The monoisotopic (exact) mass is 595 g/mol. The van der Waals surface area contributed by atoms with Crippen molar-refractivity contribution in [2.75, 3.05) is 37.6 Å². The Morgan fingerprint density at radius 3 is 2.09 bits per heavy atom. The number of benzene rings is 3. The Balaban J connectivity index is 1.13. The maximum atomic E-state index is 13.1. The molecule has 5 unspecified atom stereocenters. The van der Waals surface area contributed by atoms with Gasteiger partial charge in [-0.05, 0) is 80.7 Å².